The van der Waals surface area contributed by atoms with Gasteiger partial charge < -0.3 is 10.2 Å². The molecule has 2 aromatic rings. The van der Waals surface area contributed by atoms with Crippen LogP contribution in [0.4, 0.5) is 5.95 Å². The number of H-pyrrole nitrogens is 1. The molecule has 2 aromatic heterocycles. The maximum absolute atomic E-state index is 4.61. The van der Waals surface area contributed by atoms with Crippen LogP contribution in [0.5, 0.6) is 0 Å². The van der Waals surface area contributed by atoms with Gasteiger partial charge in [0.05, 0.1) is 2.88 Å². The Morgan fingerprint density at radius 3 is 2.89 bits per heavy atom. The predicted molar refractivity (Wildman–Crippen MR) is 86.7 cm³/mol. The molecule has 1 aliphatic rings. The summed E-state index contributed by atoms with van der Waals surface area (Å²) in [7, 11) is 2.03. The second-order valence-electron chi connectivity index (χ2n) is 4.67. The van der Waals surface area contributed by atoms with E-state index in [1.165, 1.54) is 2.88 Å². The Bertz CT molecular complexity index is 544. The quantitative estimate of drug-likeness (QED) is 0.792. The van der Waals surface area contributed by atoms with Gasteiger partial charge in [-0.3, -0.25) is 5.10 Å². The van der Waals surface area contributed by atoms with Gasteiger partial charge in [-0.2, -0.15) is 4.98 Å². The molecule has 0 bridgehead atoms. The molecule has 0 unspecified atom stereocenters. The molecule has 1 fully saturated rings. The van der Waals surface area contributed by atoms with Crippen molar-refractivity contribution in [3.8, 4) is 11.4 Å². The molecule has 2 N–H and O–H groups in total. The number of anilines is 1. The summed E-state index contributed by atoms with van der Waals surface area (Å²) in [4.78, 5) is 6.87. The summed E-state index contributed by atoms with van der Waals surface area (Å²) in [6.45, 7) is 2.04. The Hall–Kier alpha value is -0.670. The van der Waals surface area contributed by atoms with Crippen LogP contribution in [-0.4, -0.2) is 41.4 Å². The summed E-state index contributed by atoms with van der Waals surface area (Å²) in [6.07, 6.45) is 2.30. The summed E-state index contributed by atoms with van der Waals surface area (Å²) >= 11 is 4.05. The van der Waals surface area contributed by atoms with Gasteiger partial charge in [-0.25, -0.2) is 0 Å². The minimum Gasteiger partial charge on any atom is -0.339 e. The first-order valence-electron chi connectivity index (χ1n) is 6.35. The van der Waals surface area contributed by atoms with E-state index in [-0.39, 0.29) is 0 Å². The van der Waals surface area contributed by atoms with Crippen molar-refractivity contribution in [1.82, 2.24) is 20.5 Å². The van der Waals surface area contributed by atoms with Crippen molar-refractivity contribution in [2.24, 2.45) is 0 Å². The molecule has 0 radical (unpaired) electrons. The minimum absolute atomic E-state index is 0.633. The van der Waals surface area contributed by atoms with Gasteiger partial charge in [0.1, 0.15) is 0 Å². The van der Waals surface area contributed by atoms with Crippen molar-refractivity contribution in [1.29, 1.82) is 0 Å². The van der Waals surface area contributed by atoms with E-state index in [0.717, 1.165) is 43.3 Å². The summed E-state index contributed by atoms with van der Waals surface area (Å²) in [5, 5.41) is 12.8. The fraction of sp³-hybridized carbons (Fsp3) is 0.500. The lowest BCUT2D eigenvalue weighted by Gasteiger charge is -2.30. The highest BCUT2D eigenvalue weighted by molar-refractivity contribution is 14.1. The normalized spacial score (nSPS) is 17.1. The summed E-state index contributed by atoms with van der Waals surface area (Å²) < 4.78 is 1.26. The molecule has 102 valence electrons. The number of halogens is 1. The van der Waals surface area contributed by atoms with Crippen molar-refractivity contribution in [2.45, 2.75) is 18.9 Å². The topological polar surface area (TPSA) is 56.8 Å². The van der Waals surface area contributed by atoms with Crippen LogP contribution in [0.3, 0.4) is 0 Å². The molecule has 3 heterocycles. The molecule has 1 saturated heterocycles. The lowest BCUT2D eigenvalue weighted by Crippen LogP contribution is -2.41. The SMILES string of the molecule is CNC1CCN(c2n[nH]c(-c3csc(I)c3)n2)CC1. The van der Waals surface area contributed by atoms with Crippen LogP contribution in [0.1, 0.15) is 12.8 Å². The molecule has 3 rings (SSSR count). The third-order valence-corrected chi connectivity index (χ3v) is 5.29. The van der Waals surface area contributed by atoms with Crippen LogP contribution >= 0.6 is 33.9 Å². The van der Waals surface area contributed by atoms with Crippen molar-refractivity contribution >= 4 is 39.9 Å². The lowest BCUT2D eigenvalue weighted by atomic mass is 10.1. The van der Waals surface area contributed by atoms with Gasteiger partial charge in [0.15, 0.2) is 5.82 Å². The third-order valence-electron chi connectivity index (χ3n) is 3.50. The second-order valence-corrected chi connectivity index (χ2v) is 7.48. The molecule has 0 aromatic carbocycles. The molecule has 1 aliphatic heterocycles. The Morgan fingerprint density at radius 1 is 1.47 bits per heavy atom. The standard InChI is InChI=1S/C12H16IN5S/c1-14-9-2-4-18(5-3-9)12-15-11(16-17-12)8-6-10(13)19-7-8/h6-7,9,14H,2-5H2,1H3,(H,15,16,17). The lowest BCUT2D eigenvalue weighted by molar-refractivity contribution is 0.439. The summed E-state index contributed by atoms with van der Waals surface area (Å²) in [5.41, 5.74) is 1.12. The molecule has 0 atom stereocenters. The van der Waals surface area contributed by atoms with E-state index < -0.39 is 0 Å². The largest absolute Gasteiger partial charge is 0.339 e. The average Bonchev–Trinajstić information content (AvgIpc) is 3.07. The molecule has 0 saturated carbocycles. The van der Waals surface area contributed by atoms with Gasteiger partial charge >= 0.3 is 0 Å². The van der Waals surface area contributed by atoms with Crippen LogP contribution < -0.4 is 10.2 Å². The van der Waals surface area contributed by atoms with Gasteiger partial charge in [-0.1, -0.05) is 0 Å². The van der Waals surface area contributed by atoms with E-state index in [9.17, 15) is 0 Å². The molecule has 5 nitrogen and oxygen atoms in total. The Labute approximate surface area is 130 Å². The Kier molecular flexibility index (Phi) is 4.04. The van der Waals surface area contributed by atoms with Crippen LogP contribution in [0, 0.1) is 2.88 Å². The first-order chi connectivity index (χ1) is 9.26. The predicted octanol–water partition coefficient (Wildman–Crippen LogP) is 2.33. The highest BCUT2D eigenvalue weighted by Gasteiger charge is 2.21. The highest BCUT2D eigenvalue weighted by atomic mass is 127. The fourth-order valence-electron chi connectivity index (χ4n) is 2.33. The van der Waals surface area contributed by atoms with Crippen molar-refractivity contribution < 1.29 is 0 Å². The van der Waals surface area contributed by atoms with E-state index >= 15 is 0 Å². The zero-order valence-electron chi connectivity index (χ0n) is 10.7. The van der Waals surface area contributed by atoms with E-state index in [1.807, 2.05) is 7.05 Å². The molecular formula is C12H16IN5S. The number of aromatic amines is 1. The second kappa shape index (κ2) is 5.76. The van der Waals surface area contributed by atoms with E-state index in [2.05, 4.69) is 59.4 Å². The zero-order valence-corrected chi connectivity index (χ0v) is 13.7. The first-order valence-corrected chi connectivity index (χ1v) is 8.31. The van der Waals surface area contributed by atoms with Gasteiger partial charge in [0, 0.05) is 30.1 Å². The number of nitrogens with zero attached hydrogens (tertiary/aromatic N) is 3. The number of aromatic nitrogens is 3. The van der Waals surface area contributed by atoms with Gasteiger partial charge in [0.2, 0.25) is 5.95 Å². The summed E-state index contributed by atoms with van der Waals surface area (Å²) in [6, 6.07) is 2.76. The van der Waals surface area contributed by atoms with Crippen LogP contribution in [0.15, 0.2) is 11.4 Å². The number of nitrogens with one attached hydrogen (secondary N) is 2. The van der Waals surface area contributed by atoms with Gasteiger partial charge in [-0.15, -0.1) is 16.4 Å². The molecule has 7 heteroatoms. The van der Waals surface area contributed by atoms with E-state index in [0.29, 0.717) is 6.04 Å². The van der Waals surface area contributed by atoms with Crippen LogP contribution in [0.25, 0.3) is 11.4 Å². The number of thiophene rings is 1. The molecular weight excluding hydrogens is 373 g/mol. The first kappa shape index (κ1) is 13.3. The zero-order chi connectivity index (χ0) is 13.2. The Morgan fingerprint density at radius 2 is 2.26 bits per heavy atom. The van der Waals surface area contributed by atoms with Gasteiger partial charge in [0.25, 0.3) is 0 Å². The fourth-order valence-corrected chi connectivity index (χ4v) is 3.66. The third kappa shape index (κ3) is 2.92. The minimum atomic E-state index is 0.633. The Balaban J connectivity index is 1.72. The monoisotopic (exact) mass is 389 g/mol. The number of hydrogen-bond acceptors (Lipinski definition) is 5. The van der Waals surface area contributed by atoms with E-state index in [4.69, 9.17) is 0 Å². The highest BCUT2D eigenvalue weighted by Crippen LogP contribution is 2.25. The van der Waals surface area contributed by atoms with Crippen LogP contribution in [0.2, 0.25) is 0 Å². The molecule has 0 amide bonds. The molecule has 0 aliphatic carbocycles. The summed E-state index contributed by atoms with van der Waals surface area (Å²) in [5.74, 6) is 1.69. The van der Waals surface area contributed by atoms with Crippen LogP contribution in [-0.2, 0) is 0 Å². The maximum atomic E-state index is 4.61. The van der Waals surface area contributed by atoms with Crippen molar-refractivity contribution in [2.75, 3.05) is 25.0 Å². The van der Waals surface area contributed by atoms with E-state index in [1.54, 1.807) is 11.3 Å². The van der Waals surface area contributed by atoms with Crippen molar-refractivity contribution in [3.05, 3.63) is 14.3 Å². The smallest absolute Gasteiger partial charge is 0.245 e. The van der Waals surface area contributed by atoms with Gasteiger partial charge in [-0.05, 0) is 48.5 Å². The number of hydrogen-bond donors (Lipinski definition) is 2. The average molecular weight is 389 g/mol. The number of rotatable bonds is 3. The van der Waals surface area contributed by atoms with Crippen molar-refractivity contribution in [3.63, 3.8) is 0 Å². The number of piperidine rings is 1. The molecule has 19 heavy (non-hydrogen) atoms. The maximum Gasteiger partial charge on any atom is 0.245 e. The molecule has 0 spiro atoms.